The fourth-order valence-electron chi connectivity index (χ4n) is 1.14. The minimum Gasteiger partial charge on any atom is -0.438 e. The molecule has 0 aliphatic carbocycles. The van der Waals surface area contributed by atoms with Gasteiger partial charge in [0, 0.05) is 11.8 Å². The number of aromatic nitrogens is 2. The highest BCUT2D eigenvalue weighted by molar-refractivity contribution is 5.41. The van der Waals surface area contributed by atoms with Gasteiger partial charge >= 0.3 is 0 Å². The lowest BCUT2D eigenvalue weighted by Gasteiger charge is -2.00. The van der Waals surface area contributed by atoms with Crippen molar-refractivity contribution < 1.29 is 4.74 Å². The van der Waals surface area contributed by atoms with Crippen molar-refractivity contribution >= 4 is 5.69 Å². The summed E-state index contributed by atoms with van der Waals surface area (Å²) in [6.45, 7) is 1.89. The Morgan fingerprint density at radius 1 is 1.33 bits per heavy atom. The zero-order valence-electron chi connectivity index (χ0n) is 8.10. The molecular formula is C10H9N3O2. The first kappa shape index (κ1) is 9.39. The van der Waals surface area contributed by atoms with Gasteiger partial charge in [-0.15, -0.1) is 10.0 Å². The highest BCUT2D eigenvalue weighted by atomic mass is 16.5. The Hall–Kier alpha value is -2.17. The molecule has 1 aromatic heterocycles. The van der Waals surface area contributed by atoms with Crippen molar-refractivity contribution in [3.8, 4) is 11.6 Å². The molecule has 1 N–H and O–H groups in total. The second-order valence-corrected chi connectivity index (χ2v) is 3.08. The molecule has 0 unspecified atom stereocenters. The first-order chi connectivity index (χ1) is 7.28. The van der Waals surface area contributed by atoms with Gasteiger partial charge in [-0.05, 0) is 36.4 Å². The molecule has 0 bridgehead atoms. The van der Waals surface area contributed by atoms with Crippen molar-refractivity contribution in [1.29, 1.82) is 0 Å². The van der Waals surface area contributed by atoms with Gasteiger partial charge < -0.3 is 4.74 Å². The van der Waals surface area contributed by atoms with Crippen LogP contribution in [-0.2, 0) is 0 Å². The minimum absolute atomic E-state index is 0.376. The average molecular weight is 203 g/mol. The first-order valence-electron chi connectivity index (χ1n) is 4.41. The zero-order valence-corrected chi connectivity index (χ0v) is 8.10. The normalized spacial score (nSPS) is 9.93. The van der Waals surface area contributed by atoms with E-state index in [-0.39, 0.29) is 0 Å². The lowest BCUT2D eigenvalue weighted by molar-refractivity contribution is 0.461. The predicted molar refractivity (Wildman–Crippen MR) is 55.3 cm³/mol. The summed E-state index contributed by atoms with van der Waals surface area (Å²) >= 11 is 0. The van der Waals surface area contributed by atoms with Gasteiger partial charge in [-0.3, -0.25) is 5.10 Å². The molecule has 0 spiro atoms. The Balaban J connectivity index is 2.14. The summed E-state index contributed by atoms with van der Waals surface area (Å²) in [4.78, 5) is 10.2. The van der Waals surface area contributed by atoms with Gasteiger partial charge in [-0.2, -0.15) is 0 Å². The van der Waals surface area contributed by atoms with E-state index in [1.54, 1.807) is 30.3 Å². The number of H-pyrrole nitrogens is 1. The molecule has 0 fully saturated rings. The van der Waals surface area contributed by atoms with Crippen LogP contribution in [0.5, 0.6) is 11.6 Å². The Morgan fingerprint density at radius 3 is 2.60 bits per heavy atom. The van der Waals surface area contributed by atoms with Crippen LogP contribution in [0.25, 0.3) is 0 Å². The number of nitrogens with zero attached hydrogens (tertiary/aromatic N) is 2. The van der Waals surface area contributed by atoms with Crippen molar-refractivity contribution in [3.63, 3.8) is 0 Å². The van der Waals surface area contributed by atoms with Crippen LogP contribution >= 0.6 is 0 Å². The number of benzene rings is 1. The molecule has 1 aromatic carbocycles. The van der Waals surface area contributed by atoms with Crippen molar-refractivity contribution in [2.75, 3.05) is 0 Å². The second kappa shape index (κ2) is 3.91. The van der Waals surface area contributed by atoms with Gasteiger partial charge in [0.05, 0.1) is 0 Å². The molecule has 76 valence electrons. The Kier molecular flexibility index (Phi) is 2.45. The van der Waals surface area contributed by atoms with Crippen LogP contribution in [-0.4, -0.2) is 10.2 Å². The molecule has 0 aliphatic heterocycles. The molecule has 0 atom stereocenters. The van der Waals surface area contributed by atoms with E-state index in [2.05, 4.69) is 15.4 Å². The fourth-order valence-corrected chi connectivity index (χ4v) is 1.14. The largest absolute Gasteiger partial charge is 0.438 e. The van der Waals surface area contributed by atoms with Gasteiger partial charge in [0.1, 0.15) is 11.4 Å². The van der Waals surface area contributed by atoms with Crippen LogP contribution in [0.15, 0.2) is 35.5 Å². The first-order valence-corrected chi connectivity index (χ1v) is 4.41. The summed E-state index contributed by atoms with van der Waals surface area (Å²) < 4.78 is 5.41. The van der Waals surface area contributed by atoms with Crippen LogP contribution in [0.4, 0.5) is 5.69 Å². The topological polar surface area (TPSA) is 67.3 Å². The minimum atomic E-state index is 0.376. The molecule has 5 heteroatoms. The number of ether oxygens (including phenoxy) is 1. The number of hydrogen-bond acceptors (Lipinski definition) is 4. The molecular weight excluding hydrogens is 194 g/mol. The lowest BCUT2D eigenvalue weighted by atomic mass is 10.3. The predicted octanol–water partition coefficient (Wildman–Crippen LogP) is 2.91. The van der Waals surface area contributed by atoms with Crippen LogP contribution in [0.3, 0.4) is 0 Å². The quantitative estimate of drug-likeness (QED) is 0.780. The van der Waals surface area contributed by atoms with E-state index in [0.29, 0.717) is 17.3 Å². The number of aryl methyl sites for hydroxylation is 1. The van der Waals surface area contributed by atoms with E-state index in [9.17, 15) is 4.91 Å². The van der Waals surface area contributed by atoms with Gasteiger partial charge in [0.15, 0.2) is 0 Å². The maximum absolute atomic E-state index is 10.2. The maximum atomic E-state index is 10.2. The van der Waals surface area contributed by atoms with E-state index < -0.39 is 0 Å². The summed E-state index contributed by atoms with van der Waals surface area (Å²) in [6.07, 6.45) is 0. The second-order valence-electron chi connectivity index (χ2n) is 3.08. The van der Waals surface area contributed by atoms with E-state index in [1.165, 1.54) is 0 Å². The molecule has 0 radical (unpaired) electrons. The molecule has 0 saturated carbocycles. The van der Waals surface area contributed by atoms with Crippen molar-refractivity contribution in [1.82, 2.24) is 10.2 Å². The molecule has 0 aliphatic rings. The van der Waals surface area contributed by atoms with Crippen LogP contribution in [0, 0.1) is 11.8 Å². The fraction of sp³-hybridized carbons (Fsp3) is 0.100. The monoisotopic (exact) mass is 203 g/mol. The van der Waals surface area contributed by atoms with Crippen molar-refractivity contribution in [2.24, 2.45) is 5.18 Å². The van der Waals surface area contributed by atoms with Gasteiger partial charge in [-0.1, -0.05) is 0 Å². The standard InChI is InChI=1S/C10H9N3O2/c1-7-6-10(12-11-7)15-9-4-2-8(13-14)3-5-9/h2-6H,1H3,(H,11,12). The summed E-state index contributed by atoms with van der Waals surface area (Å²) in [5, 5.41) is 9.48. The van der Waals surface area contributed by atoms with E-state index in [0.717, 1.165) is 5.69 Å². The average Bonchev–Trinajstić information content (AvgIpc) is 2.65. The van der Waals surface area contributed by atoms with Crippen molar-refractivity contribution in [2.45, 2.75) is 6.92 Å². The van der Waals surface area contributed by atoms with Gasteiger partial charge in [0.25, 0.3) is 0 Å². The third kappa shape index (κ3) is 2.19. The van der Waals surface area contributed by atoms with E-state index in [4.69, 9.17) is 4.74 Å². The number of aromatic amines is 1. The van der Waals surface area contributed by atoms with Gasteiger partial charge in [-0.25, -0.2) is 0 Å². The summed E-state index contributed by atoms with van der Waals surface area (Å²) in [5.74, 6) is 1.12. The molecule has 1 heterocycles. The molecule has 2 aromatic rings. The SMILES string of the molecule is Cc1cc(Oc2ccc(N=O)cc2)n[nH]1. The number of rotatable bonds is 3. The molecule has 5 nitrogen and oxygen atoms in total. The Bertz CT molecular complexity index is 462. The van der Waals surface area contributed by atoms with Gasteiger partial charge in [0.2, 0.25) is 5.88 Å². The Labute approximate surface area is 86.1 Å². The summed E-state index contributed by atoms with van der Waals surface area (Å²) in [7, 11) is 0. The van der Waals surface area contributed by atoms with Crippen LogP contribution in [0.2, 0.25) is 0 Å². The summed E-state index contributed by atoms with van der Waals surface area (Å²) in [5.41, 5.74) is 1.30. The smallest absolute Gasteiger partial charge is 0.238 e. The molecule has 2 rings (SSSR count). The maximum Gasteiger partial charge on any atom is 0.238 e. The highest BCUT2D eigenvalue weighted by Crippen LogP contribution is 2.22. The number of nitroso groups, excluding NO2 is 1. The van der Waals surface area contributed by atoms with Crippen molar-refractivity contribution in [3.05, 3.63) is 40.9 Å². The number of nitrogens with one attached hydrogen (secondary N) is 1. The van der Waals surface area contributed by atoms with E-state index in [1.807, 2.05) is 6.92 Å². The molecule has 0 saturated heterocycles. The molecule has 0 amide bonds. The highest BCUT2D eigenvalue weighted by Gasteiger charge is 2.00. The van der Waals surface area contributed by atoms with Crippen LogP contribution in [0.1, 0.15) is 5.69 Å². The third-order valence-electron chi connectivity index (χ3n) is 1.85. The molecule has 15 heavy (non-hydrogen) atoms. The number of hydrogen-bond donors (Lipinski definition) is 1. The summed E-state index contributed by atoms with van der Waals surface area (Å²) in [6, 6.07) is 8.29. The lowest BCUT2D eigenvalue weighted by Crippen LogP contribution is -1.83. The van der Waals surface area contributed by atoms with E-state index >= 15 is 0 Å². The third-order valence-corrected chi connectivity index (χ3v) is 1.85. The zero-order chi connectivity index (χ0) is 10.7. The van der Waals surface area contributed by atoms with Crippen LogP contribution < -0.4 is 4.74 Å². The Morgan fingerprint density at radius 2 is 2.07 bits per heavy atom.